The molecule has 20 heavy (non-hydrogen) atoms. The number of rotatable bonds is 5. The fourth-order valence-electron chi connectivity index (χ4n) is 3.22. The molecule has 0 saturated carbocycles. The summed E-state index contributed by atoms with van der Waals surface area (Å²) < 4.78 is 13.7. The Kier molecular flexibility index (Phi) is 5.13. The highest BCUT2D eigenvalue weighted by atomic mass is 19.1. The highest BCUT2D eigenvalue weighted by Gasteiger charge is 2.41. The second-order valence-electron chi connectivity index (χ2n) is 5.88. The van der Waals surface area contributed by atoms with Gasteiger partial charge >= 0.3 is 0 Å². The van der Waals surface area contributed by atoms with Crippen LogP contribution in [-0.2, 0) is 6.54 Å². The zero-order valence-corrected chi connectivity index (χ0v) is 12.1. The molecular weight excluding hydrogens is 257 g/mol. The first-order valence-electron chi connectivity index (χ1n) is 7.36. The lowest BCUT2D eigenvalue weighted by Gasteiger charge is -2.45. The van der Waals surface area contributed by atoms with Crippen LogP contribution in [0.4, 0.5) is 4.39 Å². The number of piperidine rings is 1. The molecule has 0 radical (unpaired) electrons. The van der Waals surface area contributed by atoms with E-state index in [1.807, 2.05) is 6.07 Å². The molecule has 0 unspecified atom stereocenters. The summed E-state index contributed by atoms with van der Waals surface area (Å²) >= 11 is 0. The Balaban J connectivity index is 2.09. The van der Waals surface area contributed by atoms with Gasteiger partial charge in [-0.2, -0.15) is 0 Å². The molecule has 0 aromatic heterocycles. The number of benzene rings is 1. The predicted octanol–water partition coefficient (Wildman–Crippen LogP) is 2.17. The van der Waals surface area contributed by atoms with Gasteiger partial charge in [-0.1, -0.05) is 31.5 Å². The quantitative estimate of drug-likeness (QED) is 0.869. The molecule has 0 bridgehead atoms. The Morgan fingerprint density at radius 1 is 1.40 bits per heavy atom. The molecule has 2 N–H and O–H groups in total. The molecule has 0 amide bonds. The van der Waals surface area contributed by atoms with Crippen LogP contribution in [0.15, 0.2) is 24.3 Å². The summed E-state index contributed by atoms with van der Waals surface area (Å²) in [5.74, 6) is -0.191. The topological polar surface area (TPSA) is 43.7 Å². The first-order valence-corrected chi connectivity index (χ1v) is 7.36. The summed E-state index contributed by atoms with van der Waals surface area (Å²) in [6.07, 6.45) is 1.88. The number of nitrogens with zero attached hydrogens (tertiary/aromatic N) is 1. The standard InChI is InChI=1S/C16H24FNO2/c1-2-8-16(12-19)11-18(9-7-15(16)20)10-13-5-3-4-6-14(13)17/h3-6,15,19-20H,2,7-12H2,1H3/t15-,16-/m0/s1. The molecule has 4 heteroatoms. The molecule has 2 rings (SSSR count). The maximum Gasteiger partial charge on any atom is 0.127 e. The SMILES string of the molecule is CCC[C@@]1(CO)CN(Cc2ccccc2F)CC[C@@H]1O. The van der Waals surface area contributed by atoms with E-state index in [-0.39, 0.29) is 12.4 Å². The molecule has 112 valence electrons. The molecule has 1 aromatic rings. The third-order valence-electron chi connectivity index (χ3n) is 4.38. The summed E-state index contributed by atoms with van der Waals surface area (Å²) in [4.78, 5) is 2.14. The Bertz CT molecular complexity index is 440. The van der Waals surface area contributed by atoms with E-state index in [9.17, 15) is 14.6 Å². The van der Waals surface area contributed by atoms with Crippen molar-refractivity contribution < 1.29 is 14.6 Å². The first kappa shape index (κ1) is 15.4. The van der Waals surface area contributed by atoms with Gasteiger partial charge in [-0.15, -0.1) is 0 Å². The van der Waals surface area contributed by atoms with Gasteiger partial charge in [-0.05, 0) is 18.9 Å². The molecule has 1 fully saturated rings. The third-order valence-corrected chi connectivity index (χ3v) is 4.38. The van der Waals surface area contributed by atoms with E-state index in [4.69, 9.17) is 0 Å². The second kappa shape index (κ2) is 6.66. The first-order chi connectivity index (χ1) is 9.61. The van der Waals surface area contributed by atoms with Crippen LogP contribution in [-0.4, -0.2) is 40.9 Å². The van der Waals surface area contributed by atoms with Crippen molar-refractivity contribution in [2.45, 2.75) is 38.8 Å². The highest BCUT2D eigenvalue weighted by molar-refractivity contribution is 5.17. The lowest BCUT2D eigenvalue weighted by molar-refractivity contribution is -0.0821. The van der Waals surface area contributed by atoms with Crippen molar-refractivity contribution >= 4 is 0 Å². The third kappa shape index (κ3) is 3.19. The fourth-order valence-corrected chi connectivity index (χ4v) is 3.22. The molecule has 2 atom stereocenters. The number of aliphatic hydroxyl groups excluding tert-OH is 2. The number of hydrogen-bond acceptors (Lipinski definition) is 3. The van der Waals surface area contributed by atoms with Crippen LogP contribution >= 0.6 is 0 Å². The zero-order chi connectivity index (χ0) is 14.6. The summed E-state index contributed by atoms with van der Waals surface area (Å²) in [6, 6.07) is 6.79. The summed E-state index contributed by atoms with van der Waals surface area (Å²) in [6.45, 7) is 3.92. The molecular formula is C16H24FNO2. The largest absolute Gasteiger partial charge is 0.396 e. The maximum atomic E-state index is 13.7. The van der Waals surface area contributed by atoms with Gasteiger partial charge in [-0.25, -0.2) is 4.39 Å². The van der Waals surface area contributed by atoms with E-state index in [1.165, 1.54) is 6.07 Å². The Morgan fingerprint density at radius 3 is 2.80 bits per heavy atom. The van der Waals surface area contributed by atoms with Crippen LogP contribution in [0.2, 0.25) is 0 Å². The monoisotopic (exact) mass is 281 g/mol. The summed E-state index contributed by atoms with van der Waals surface area (Å²) in [5.41, 5.74) is 0.213. The molecule has 1 aliphatic heterocycles. The van der Waals surface area contributed by atoms with Gasteiger partial charge in [0.05, 0.1) is 12.7 Å². The van der Waals surface area contributed by atoms with Crippen LogP contribution in [0.1, 0.15) is 31.7 Å². The molecule has 1 aromatic carbocycles. The number of aliphatic hydroxyl groups is 2. The normalized spacial score (nSPS) is 27.7. The van der Waals surface area contributed by atoms with Gasteiger partial charge in [0.2, 0.25) is 0 Å². The van der Waals surface area contributed by atoms with E-state index >= 15 is 0 Å². The number of hydrogen-bond donors (Lipinski definition) is 2. The molecule has 1 aliphatic rings. The number of halogens is 1. The Labute approximate surface area is 120 Å². The van der Waals surface area contributed by atoms with Crippen LogP contribution in [0.25, 0.3) is 0 Å². The summed E-state index contributed by atoms with van der Waals surface area (Å²) in [5, 5.41) is 19.9. The van der Waals surface area contributed by atoms with Crippen molar-refractivity contribution in [3.05, 3.63) is 35.6 Å². The summed E-state index contributed by atoms with van der Waals surface area (Å²) in [7, 11) is 0. The minimum atomic E-state index is -0.468. The Hall–Kier alpha value is -0.970. The van der Waals surface area contributed by atoms with Crippen molar-refractivity contribution in [2.24, 2.45) is 5.41 Å². The number of likely N-dealkylation sites (tertiary alicyclic amines) is 1. The molecule has 0 aliphatic carbocycles. The molecule has 0 spiro atoms. The minimum Gasteiger partial charge on any atom is -0.396 e. The molecule has 1 heterocycles. The van der Waals surface area contributed by atoms with Crippen LogP contribution in [0.3, 0.4) is 0 Å². The zero-order valence-electron chi connectivity index (χ0n) is 12.1. The van der Waals surface area contributed by atoms with Crippen LogP contribution < -0.4 is 0 Å². The van der Waals surface area contributed by atoms with Gasteiger partial charge in [-0.3, -0.25) is 4.90 Å². The second-order valence-corrected chi connectivity index (χ2v) is 5.88. The van der Waals surface area contributed by atoms with E-state index < -0.39 is 11.5 Å². The van der Waals surface area contributed by atoms with E-state index in [0.29, 0.717) is 25.1 Å². The maximum absolute atomic E-state index is 13.7. The van der Waals surface area contributed by atoms with Crippen molar-refractivity contribution in [2.75, 3.05) is 19.7 Å². The van der Waals surface area contributed by atoms with Gasteiger partial charge in [0.1, 0.15) is 5.82 Å². The van der Waals surface area contributed by atoms with E-state index in [0.717, 1.165) is 19.4 Å². The van der Waals surface area contributed by atoms with Gasteiger partial charge in [0.25, 0.3) is 0 Å². The van der Waals surface area contributed by atoms with Crippen molar-refractivity contribution in [1.82, 2.24) is 4.90 Å². The van der Waals surface area contributed by atoms with Crippen molar-refractivity contribution in [3.8, 4) is 0 Å². The van der Waals surface area contributed by atoms with E-state index in [1.54, 1.807) is 12.1 Å². The lowest BCUT2D eigenvalue weighted by atomic mass is 9.74. The molecule has 3 nitrogen and oxygen atoms in total. The van der Waals surface area contributed by atoms with Gasteiger partial charge < -0.3 is 10.2 Å². The lowest BCUT2D eigenvalue weighted by Crippen LogP contribution is -2.53. The van der Waals surface area contributed by atoms with Gasteiger partial charge in [0, 0.05) is 30.6 Å². The van der Waals surface area contributed by atoms with Crippen LogP contribution in [0, 0.1) is 11.2 Å². The predicted molar refractivity (Wildman–Crippen MR) is 76.7 cm³/mol. The van der Waals surface area contributed by atoms with Gasteiger partial charge in [0.15, 0.2) is 0 Å². The van der Waals surface area contributed by atoms with Crippen molar-refractivity contribution in [3.63, 3.8) is 0 Å². The average molecular weight is 281 g/mol. The van der Waals surface area contributed by atoms with Crippen molar-refractivity contribution in [1.29, 1.82) is 0 Å². The highest BCUT2D eigenvalue weighted by Crippen LogP contribution is 2.35. The smallest absolute Gasteiger partial charge is 0.127 e. The van der Waals surface area contributed by atoms with Crippen LogP contribution in [0.5, 0.6) is 0 Å². The fraction of sp³-hybridized carbons (Fsp3) is 0.625. The molecule has 1 saturated heterocycles. The minimum absolute atomic E-state index is 0.0181. The van der Waals surface area contributed by atoms with E-state index in [2.05, 4.69) is 11.8 Å². The Morgan fingerprint density at radius 2 is 2.15 bits per heavy atom. The average Bonchev–Trinajstić information content (AvgIpc) is 2.45.